The number of carbonyl (C=O) groups is 1. The Morgan fingerprint density at radius 3 is 2.73 bits per heavy atom. The maximum absolute atomic E-state index is 11.8. The normalized spacial score (nSPS) is 40.4. The van der Waals surface area contributed by atoms with E-state index < -0.39 is 12.2 Å². The largest absolute Gasteiger partial charge is 0.466 e. The molecule has 3 rings (SSSR count). The molecule has 4 heteroatoms. The van der Waals surface area contributed by atoms with Crippen LogP contribution in [0, 0.1) is 29.1 Å². The van der Waals surface area contributed by atoms with Crippen molar-refractivity contribution < 1.29 is 19.7 Å². The molecule has 0 heterocycles. The Balaban J connectivity index is 1.70. The smallest absolute Gasteiger partial charge is 0.305 e. The van der Waals surface area contributed by atoms with E-state index in [0.717, 1.165) is 12.8 Å². The van der Waals surface area contributed by atoms with E-state index in [1.165, 1.54) is 31.3 Å². The molecule has 3 aliphatic rings. The fraction of sp³-hybridized carbons (Fsp3) is 0.808. The highest BCUT2D eigenvalue weighted by Gasteiger charge is 2.50. The third kappa shape index (κ3) is 5.02. The fourth-order valence-corrected chi connectivity index (χ4v) is 6.70. The van der Waals surface area contributed by atoms with Crippen LogP contribution in [0.2, 0.25) is 0 Å². The van der Waals surface area contributed by atoms with Gasteiger partial charge in [0.2, 0.25) is 0 Å². The number of fused-ring (bicyclic) bond motifs is 1. The zero-order valence-electron chi connectivity index (χ0n) is 19.4. The molecule has 0 spiro atoms. The number of allylic oxidation sites excluding steroid dienone is 3. The number of hydrogen-bond donors (Lipinski definition) is 2. The molecule has 0 aliphatic heterocycles. The van der Waals surface area contributed by atoms with Crippen molar-refractivity contribution in [2.24, 2.45) is 29.1 Å². The molecular weight excluding hydrogens is 376 g/mol. The summed E-state index contributed by atoms with van der Waals surface area (Å²) in [4.78, 5) is 11.8. The monoisotopic (exact) mass is 418 g/mol. The van der Waals surface area contributed by atoms with Gasteiger partial charge in [-0.05, 0) is 75.0 Å². The maximum Gasteiger partial charge on any atom is 0.305 e. The molecule has 170 valence electrons. The Bertz CT molecular complexity index is 666. The second-order valence-corrected chi connectivity index (χ2v) is 10.3. The van der Waals surface area contributed by atoms with Crippen molar-refractivity contribution >= 4 is 5.97 Å². The molecule has 3 saturated carbocycles. The number of aliphatic hydroxyl groups excluding tert-OH is 2. The van der Waals surface area contributed by atoms with E-state index in [1.807, 2.05) is 6.92 Å². The van der Waals surface area contributed by atoms with Gasteiger partial charge in [0.1, 0.15) is 0 Å². The van der Waals surface area contributed by atoms with E-state index in [2.05, 4.69) is 32.9 Å². The Hall–Kier alpha value is -1.13. The van der Waals surface area contributed by atoms with Crippen molar-refractivity contribution in [2.75, 3.05) is 6.61 Å². The van der Waals surface area contributed by atoms with Crippen LogP contribution >= 0.6 is 0 Å². The van der Waals surface area contributed by atoms with E-state index in [1.54, 1.807) is 5.57 Å². The molecule has 0 amide bonds. The van der Waals surface area contributed by atoms with Gasteiger partial charge in [0.15, 0.2) is 0 Å². The predicted molar refractivity (Wildman–Crippen MR) is 120 cm³/mol. The van der Waals surface area contributed by atoms with Gasteiger partial charge in [-0.1, -0.05) is 44.1 Å². The summed E-state index contributed by atoms with van der Waals surface area (Å²) in [5.74, 6) is 1.87. The number of aliphatic hydroxyl groups is 2. The zero-order valence-corrected chi connectivity index (χ0v) is 19.4. The van der Waals surface area contributed by atoms with Crippen LogP contribution in [-0.2, 0) is 9.53 Å². The lowest BCUT2D eigenvalue weighted by Gasteiger charge is -2.44. The highest BCUT2D eigenvalue weighted by Crippen LogP contribution is 2.59. The minimum absolute atomic E-state index is 0.0640. The summed E-state index contributed by atoms with van der Waals surface area (Å²) < 4.78 is 5.13. The summed E-state index contributed by atoms with van der Waals surface area (Å²) in [7, 11) is 0. The van der Waals surface area contributed by atoms with Crippen molar-refractivity contribution in [2.45, 2.75) is 97.7 Å². The molecule has 0 aromatic rings. The fourth-order valence-electron chi connectivity index (χ4n) is 6.70. The van der Waals surface area contributed by atoms with Gasteiger partial charge in [-0.2, -0.15) is 0 Å². The van der Waals surface area contributed by atoms with Crippen molar-refractivity contribution in [3.05, 3.63) is 23.3 Å². The third-order valence-electron chi connectivity index (χ3n) is 8.49. The van der Waals surface area contributed by atoms with E-state index in [4.69, 9.17) is 4.74 Å². The first kappa shape index (κ1) is 23.5. The van der Waals surface area contributed by atoms with Crippen molar-refractivity contribution in [1.82, 2.24) is 0 Å². The highest BCUT2D eigenvalue weighted by atomic mass is 16.5. The molecule has 0 radical (unpaired) electrons. The minimum atomic E-state index is -0.439. The molecule has 0 saturated heterocycles. The molecule has 3 aliphatic carbocycles. The Labute approximate surface area is 182 Å². The van der Waals surface area contributed by atoms with Crippen molar-refractivity contribution in [1.29, 1.82) is 0 Å². The number of rotatable bonds is 6. The summed E-state index contributed by atoms with van der Waals surface area (Å²) in [6.07, 6.45) is 12.4. The molecule has 4 nitrogen and oxygen atoms in total. The Morgan fingerprint density at radius 2 is 2.00 bits per heavy atom. The highest BCUT2D eigenvalue weighted by molar-refractivity contribution is 5.69. The molecule has 0 aromatic carbocycles. The van der Waals surface area contributed by atoms with Crippen LogP contribution in [-0.4, -0.2) is 35.0 Å². The number of esters is 1. The SMILES string of the molecule is CCOC(=O)CC[C@@H](C)[C@H]1CC[C@H]2/C(=C/C=C3/C[C@@H](O)C[C@H](O)[C@H]3C)CCC[C@]12C. The topological polar surface area (TPSA) is 66.8 Å². The summed E-state index contributed by atoms with van der Waals surface area (Å²) >= 11 is 0. The molecule has 0 unspecified atom stereocenters. The van der Waals surface area contributed by atoms with Crippen LogP contribution in [0.4, 0.5) is 0 Å². The number of hydrogen-bond acceptors (Lipinski definition) is 4. The van der Waals surface area contributed by atoms with E-state index in [9.17, 15) is 15.0 Å². The van der Waals surface area contributed by atoms with E-state index in [-0.39, 0.29) is 11.9 Å². The third-order valence-corrected chi connectivity index (χ3v) is 8.49. The second-order valence-electron chi connectivity index (χ2n) is 10.3. The number of carbonyl (C=O) groups excluding carboxylic acids is 1. The maximum atomic E-state index is 11.8. The lowest BCUT2D eigenvalue weighted by Crippen LogP contribution is -2.36. The van der Waals surface area contributed by atoms with Crippen LogP contribution in [0.15, 0.2) is 23.3 Å². The summed E-state index contributed by atoms with van der Waals surface area (Å²) in [6.45, 7) is 9.21. The van der Waals surface area contributed by atoms with Gasteiger partial charge in [-0.15, -0.1) is 0 Å². The Kier molecular flexibility index (Phi) is 7.84. The average molecular weight is 419 g/mol. The number of ether oxygens (including phenoxy) is 1. The average Bonchev–Trinajstić information content (AvgIpc) is 3.05. The zero-order chi connectivity index (χ0) is 21.9. The summed E-state index contributed by atoms with van der Waals surface area (Å²) in [5, 5.41) is 20.3. The van der Waals surface area contributed by atoms with E-state index in [0.29, 0.717) is 49.0 Å². The first-order valence-corrected chi connectivity index (χ1v) is 12.2. The molecular formula is C26H42O4. The van der Waals surface area contributed by atoms with Crippen LogP contribution in [0.3, 0.4) is 0 Å². The van der Waals surface area contributed by atoms with Gasteiger partial charge in [0.05, 0.1) is 18.8 Å². The first-order valence-electron chi connectivity index (χ1n) is 12.2. The van der Waals surface area contributed by atoms with Crippen LogP contribution < -0.4 is 0 Å². The van der Waals surface area contributed by atoms with Gasteiger partial charge >= 0.3 is 5.97 Å². The lowest BCUT2D eigenvalue weighted by molar-refractivity contribution is -0.143. The van der Waals surface area contributed by atoms with Gasteiger partial charge < -0.3 is 14.9 Å². The van der Waals surface area contributed by atoms with Gasteiger partial charge in [-0.25, -0.2) is 0 Å². The molecule has 0 bridgehead atoms. The molecule has 2 N–H and O–H groups in total. The molecule has 30 heavy (non-hydrogen) atoms. The first-order chi connectivity index (χ1) is 14.3. The molecule has 0 aromatic heterocycles. The van der Waals surface area contributed by atoms with Gasteiger partial charge in [0.25, 0.3) is 0 Å². The summed E-state index contributed by atoms with van der Waals surface area (Å²) in [6, 6.07) is 0. The van der Waals surface area contributed by atoms with Gasteiger partial charge in [-0.3, -0.25) is 4.79 Å². The summed E-state index contributed by atoms with van der Waals surface area (Å²) in [5.41, 5.74) is 3.05. The van der Waals surface area contributed by atoms with Crippen LogP contribution in [0.1, 0.15) is 85.5 Å². The Morgan fingerprint density at radius 1 is 1.27 bits per heavy atom. The van der Waals surface area contributed by atoms with Crippen LogP contribution in [0.5, 0.6) is 0 Å². The second kappa shape index (κ2) is 9.99. The molecule has 7 atom stereocenters. The van der Waals surface area contributed by atoms with Crippen LogP contribution in [0.25, 0.3) is 0 Å². The van der Waals surface area contributed by atoms with E-state index >= 15 is 0 Å². The van der Waals surface area contributed by atoms with Gasteiger partial charge in [0, 0.05) is 18.8 Å². The van der Waals surface area contributed by atoms with Crippen molar-refractivity contribution in [3.63, 3.8) is 0 Å². The standard InChI is InChI=1S/C26H42O4/c1-5-30-25(29)13-8-17(2)22-11-12-23-19(7-6-14-26(22,23)4)9-10-20-15-21(27)16-24(28)18(20)3/h9-10,17-18,21-24,27-28H,5-8,11-16H2,1-4H3/b19-9+,20-10-/t17-,18+,21-,22-,23+,24+,26-/m1/s1. The minimum Gasteiger partial charge on any atom is -0.466 e. The van der Waals surface area contributed by atoms with Crippen molar-refractivity contribution in [3.8, 4) is 0 Å². The predicted octanol–water partition coefficient (Wildman–Crippen LogP) is 5.19. The molecule has 3 fully saturated rings. The quantitative estimate of drug-likeness (QED) is 0.583. The lowest BCUT2D eigenvalue weighted by atomic mass is 9.60.